The number of likely N-dealkylation sites (N-methyl/N-ethyl adjacent to an activating group) is 1. The Bertz CT molecular complexity index is 1520. The lowest BCUT2D eigenvalue weighted by Gasteiger charge is -2.38. The number of aliphatic hydroxyl groups excluding tert-OH is 1. The van der Waals surface area contributed by atoms with Gasteiger partial charge in [-0.3, -0.25) is 4.79 Å². The van der Waals surface area contributed by atoms with Crippen LogP contribution in [0.3, 0.4) is 0 Å². The first-order chi connectivity index (χ1) is 21.2. The number of nitrogens with one attached hydrogen (secondary N) is 3. The Morgan fingerprint density at radius 1 is 1.11 bits per heavy atom. The van der Waals surface area contributed by atoms with Crippen molar-refractivity contribution >= 4 is 35.0 Å². The number of benzene rings is 2. The van der Waals surface area contributed by atoms with Gasteiger partial charge in [0.05, 0.1) is 30.3 Å². The van der Waals surface area contributed by atoms with Crippen LogP contribution in [0.15, 0.2) is 47.0 Å². The fourth-order valence-electron chi connectivity index (χ4n) is 4.77. The summed E-state index contributed by atoms with van der Waals surface area (Å²) in [7, 11) is 1.51. The van der Waals surface area contributed by atoms with E-state index in [-0.39, 0.29) is 42.6 Å². The second-order valence-corrected chi connectivity index (χ2v) is 11.0. The molecule has 3 atom stereocenters. The summed E-state index contributed by atoms with van der Waals surface area (Å²) in [5.74, 6) is -0.0905. The Morgan fingerprint density at radius 3 is 2.38 bits per heavy atom. The van der Waals surface area contributed by atoms with Gasteiger partial charge in [-0.2, -0.15) is 13.2 Å². The van der Waals surface area contributed by atoms with Gasteiger partial charge in [-0.15, -0.1) is 0 Å². The highest BCUT2D eigenvalue weighted by atomic mass is 19.4. The predicted octanol–water partition coefficient (Wildman–Crippen LogP) is 5.34. The van der Waals surface area contributed by atoms with Gasteiger partial charge in [-0.1, -0.05) is 12.1 Å². The molecular weight excluding hydrogens is 597 g/mol. The molecule has 0 saturated carbocycles. The third-order valence-electron chi connectivity index (χ3n) is 7.46. The molecule has 1 aliphatic heterocycles. The van der Waals surface area contributed by atoms with Gasteiger partial charge < -0.3 is 40.1 Å². The number of aryl methyl sites for hydroxylation is 2. The second-order valence-electron chi connectivity index (χ2n) is 11.0. The van der Waals surface area contributed by atoms with Gasteiger partial charge in [-0.25, -0.2) is 9.59 Å². The molecule has 0 bridgehead atoms. The maximum absolute atomic E-state index is 13.7. The third-order valence-corrected chi connectivity index (χ3v) is 7.46. The first kappa shape index (κ1) is 33.1. The van der Waals surface area contributed by atoms with Crippen molar-refractivity contribution in [3.63, 3.8) is 0 Å². The van der Waals surface area contributed by atoms with Crippen molar-refractivity contribution < 1.29 is 41.9 Å². The Balaban J connectivity index is 1.53. The monoisotopic (exact) mass is 632 g/mol. The number of carbonyl (C=O) groups excluding carboxylic acids is 3. The van der Waals surface area contributed by atoms with Gasteiger partial charge in [0.15, 0.2) is 5.76 Å². The van der Waals surface area contributed by atoms with E-state index >= 15 is 0 Å². The first-order valence-electron chi connectivity index (χ1n) is 14.1. The minimum absolute atomic E-state index is 0.0580. The summed E-state index contributed by atoms with van der Waals surface area (Å²) in [4.78, 5) is 42.2. The molecule has 1 aliphatic rings. The number of rotatable bonds is 7. The molecule has 3 aromatic rings. The fraction of sp³-hybridized carbons (Fsp3) is 0.400. The topological polar surface area (TPSA) is 149 Å². The molecule has 0 fully saturated rings. The van der Waals surface area contributed by atoms with Crippen LogP contribution in [0.25, 0.3) is 0 Å². The van der Waals surface area contributed by atoms with E-state index in [1.54, 1.807) is 26.8 Å². The summed E-state index contributed by atoms with van der Waals surface area (Å²) in [6.45, 7) is 6.82. The maximum Gasteiger partial charge on any atom is 0.416 e. The third kappa shape index (κ3) is 7.84. The van der Waals surface area contributed by atoms with Crippen LogP contribution in [0, 0.1) is 19.8 Å². The van der Waals surface area contributed by atoms with E-state index < -0.39 is 41.9 Å². The summed E-state index contributed by atoms with van der Waals surface area (Å²) >= 11 is 0. The number of aromatic nitrogens is 1. The van der Waals surface area contributed by atoms with E-state index in [1.807, 2.05) is 6.92 Å². The zero-order valence-corrected chi connectivity index (χ0v) is 25.4. The number of alkyl halides is 3. The maximum atomic E-state index is 13.7. The predicted molar refractivity (Wildman–Crippen MR) is 159 cm³/mol. The van der Waals surface area contributed by atoms with Gasteiger partial charge in [-0.05, 0) is 63.2 Å². The lowest BCUT2D eigenvalue weighted by atomic mass is 9.99. The van der Waals surface area contributed by atoms with Crippen molar-refractivity contribution in [1.29, 1.82) is 0 Å². The molecule has 2 heterocycles. The first-order valence-corrected chi connectivity index (χ1v) is 14.1. The second kappa shape index (κ2) is 13.5. The number of fused-ring (bicyclic) bond motifs is 1. The zero-order chi connectivity index (χ0) is 33.1. The molecule has 0 unspecified atom stereocenters. The Labute approximate surface area is 257 Å². The summed E-state index contributed by atoms with van der Waals surface area (Å²) in [6.07, 6.45) is -5.13. The number of ether oxygens (including phenoxy) is 1. The van der Waals surface area contributed by atoms with Crippen molar-refractivity contribution in [2.75, 3.05) is 42.7 Å². The minimum Gasteiger partial charge on any atom is -0.487 e. The van der Waals surface area contributed by atoms with Gasteiger partial charge in [0.2, 0.25) is 0 Å². The van der Waals surface area contributed by atoms with Crippen molar-refractivity contribution in [3.8, 4) is 5.75 Å². The van der Waals surface area contributed by atoms with Crippen molar-refractivity contribution in [2.24, 2.45) is 5.92 Å². The normalized spacial score (nSPS) is 17.4. The highest BCUT2D eigenvalue weighted by Crippen LogP contribution is 2.32. The van der Waals surface area contributed by atoms with E-state index in [2.05, 4.69) is 21.1 Å². The number of hydrogen-bond donors (Lipinski definition) is 4. The van der Waals surface area contributed by atoms with Gasteiger partial charge in [0, 0.05) is 30.9 Å². The van der Waals surface area contributed by atoms with E-state index in [1.165, 1.54) is 41.1 Å². The fourth-order valence-corrected chi connectivity index (χ4v) is 4.77. The standard InChI is InChI=1S/C30H35F3N6O6/c1-16-13-39(17(2)15-40)27(41)23-12-22(34-28(42)36-26-18(3)37-45-19(26)4)10-11-24(23)44-25(16)14-38(5)29(43)35-21-8-6-20(7-9-21)30(31,32)33/h6-12,16-17,25,40H,13-15H2,1-5H3,(H,35,43)(H2,34,36,42)/t16-,17-,25-/m1/s1. The lowest BCUT2D eigenvalue weighted by Crippen LogP contribution is -2.50. The molecule has 0 spiro atoms. The Hall–Kier alpha value is -4.79. The number of hydrogen-bond acceptors (Lipinski definition) is 7. The summed E-state index contributed by atoms with van der Waals surface area (Å²) in [5, 5.41) is 21.6. The molecule has 2 aromatic carbocycles. The number of halogens is 3. The van der Waals surface area contributed by atoms with Crippen molar-refractivity contribution in [3.05, 3.63) is 65.0 Å². The largest absolute Gasteiger partial charge is 0.487 e. The van der Waals surface area contributed by atoms with Crippen LogP contribution in [0.2, 0.25) is 0 Å². The quantitative estimate of drug-likeness (QED) is 0.275. The molecule has 4 N–H and O–H groups in total. The summed E-state index contributed by atoms with van der Waals surface area (Å²) in [6, 6.07) is 6.94. The summed E-state index contributed by atoms with van der Waals surface area (Å²) < 4.78 is 50.0. The Morgan fingerprint density at radius 2 is 1.78 bits per heavy atom. The molecular formula is C30H35F3N6O6. The molecule has 5 amide bonds. The van der Waals surface area contributed by atoms with E-state index in [9.17, 15) is 32.7 Å². The highest BCUT2D eigenvalue weighted by molar-refractivity contribution is 6.03. The van der Waals surface area contributed by atoms with Crippen LogP contribution in [0.5, 0.6) is 5.75 Å². The van der Waals surface area contributed by atoms with E-state index in [0.29, 0.717) is 22.8 Å². The number of anilines is 3. The number of aliphatic hydroxyl groups is 1. The number of nitrogens with zero attached hydrogens (tertiary/aromatic N) is 3. The molecule has 4 rings (SSSR count). The molecule has 1 aromatic heterocycles. The van der Waals surface area contributed by atoms with Crippen LogP contribution >= 0.6 is 0 Å². The van der Waals surface area contributed by atoms with Crippen molar-refractivity contribution in [2.45, 2.75) is 46.0 Å². The smallest absolute Gasteiger partial charge is 0.416 e. The average molecular weight is 633 g/mol. The molecule has 45 heavy (non-hydrogen) atoms. The van der Waals surface area contributed by atoms with E-state index in [0.717, 1.165) is 12.1 Å². The Kier molecular flexibility index (Phi) is 9.91. The SMILES string of the molecule is Cc1noc(C)c1NC(=O)Nc1ccc2c(c1)C(=O)N([C@H](C)CO)C[C@@H](C)[C@@H](CN(C)C(=O)Nc1ccc(C(F)(F)F)cc1)O2. The highest BCUT2D eigenvalue weighted by Gasteiger charge is 2.34. The van der Waals surface area contributed by atoms with Crippen LogP contribution in [0.4, 0.5) is 39.8 Å². The van der Waals surface area contributed by atoms with Gasteiger partial charge >= 0.3 is 18.2 Å². The number of amides is 5. The summed E-state index contributed by atoms with van der Waals surface area (Å²) in [5.41, 5.74) is 0.702. The average Bonchev–Trinajstić information content (AvgIpc) is 3.30. The van der Waals surface area contributed by atoms with Crippen LogP contribution in [-0.2, 0) is 6.18 Å². The molecule has 0 saturated heterocycles. The zero-order valence-electron chi connectivity index (χ0n) is 25.4. The number of carbonyl (C=O) groups is 3. The molecule has 15 heteroatoms. The van der Waals surface area contributed by atoms with Gasteiger partial charge in [0.25, 0.3) is 5.91 Å². The molecule has 12 nitrogen and oxygen atoms in total. The molecule has 242 valence electrons. The van der Waals surface area contributed by atoms with Crippen LogP contribution in [0.1, 0.15) is 41.2 Å². The molecule has 0 radical (unpaired) electrons. The number of urea groups is 2. The van der Waals surface area contributed by atoms with Crippen LogP contribution < -0.4 is 20.7 Å². The van der Waals surface area contributed by atoms with Crippen molar-refractivity contribution in [1.82, 2.24) is 15.0 Å². The van der Waals surface area contributed by atoms with Gasteiger partial charge in [0.1, 0.15) is 23.2 Å². The molecule has 0 aliphatic carbocycles. The minimum atomic E-state index is -4.50. The lowest BCUT2D eigenvalue weighted by molar-refractivity contribution is -0.137. The van der Waals surface area contributed by atoms with E-state index in [4.69, 9.17) is 9.26 Å². The van der Waals surface area contributed by atoms with Crippen LogP contribution in [-0.4, -0.2) is 76.9 Å².